The highest BCUT2D eigenvalue weighted by Gasteiger charge is 2.24. The smallest absolute Gasteiger partial charge is 0.334 e. The molecule has 1 rings (SSSR count). The van der Waals surface area contributed by atoms with Gasteiger partial charge < -0.3 is 4.52 Å². The Morgan fingerprint density at radius 1 is 1.54 bits per heavy atom. The molecule has 13 heavy (non-hydrogen) atoms. The maximum atomic E-state index is 10.6. The van der Waals surface area contributed by atoms with E-state index < -0.39 is 4.92 Å². The summed E-state index contributed by atoms with van der Waals surface area (Å²) < 4.78 is 4.87. The molecule has 0 N–H and O–H groups in total. The molecule has 1 heterocycles. The van der Waals surface area contributed by atoms with E-state index in [0.717, 1.165) is 6.42 Å². The van der Waals surface area contributed by atoms with Crippen LogP contribution in [0.4, 0.5) is 5.69 Å². The first kappa shape index (κ1) is 9.70. The van der Waals surface area contributed by atoms with E-state index in [1.165, 1.54) is 0 Å². The number of hydrogen-bond acceptors (Lipinski definition) is 4. The molecule has 0 saturated heterocycles. The molecule has 0 unspecified atom stereocenters. The van der Waals surface area contributed by atoms with Gasteiger partial charge in [-0.3, -0.25) is 10.1 Å². The molecular formula is C8H12N2O3. The highest BCUT2D eigenvalue weighted by molar-refractivity contribution is 5.38. The third-order valence-electron chi connectivity index (χ3n) is 1.79. The second-order valence-electron chi connectivity index (χ2n) is 2.76. The summed E-state index contributed by atoms with van der Waals surface area (Å²) in [4.78, 5) is 10.2. The zero-order chi connectivity index (χ0) is 9.84. The maximum Gasteiger partial charge on any atom is 0.334 e. The van der Waals surface area contributed by atoms with E-state index in [2.05, 4.69) is 5.16 Å². The third-order valence-corrected chi connectivity index (χ3v) is 1.79. The Labute approximate surface area is 75.9 Å². The quantitative estimate of drug-likeness (QED) is 0.530. The highest BCUT2D eigenvalue weighted by Crippen LogP contribution is 2.24. The monoisotopic (exact) mass is 184 g/mol. The van der Waals surface area contributed by atoms with Gasteiger partial charge in [-0.1, -0.05) is 25.4 Å². The van der Waals surface area contributed by atoms with E-state index in [0.29, 0.717) is 24.3 Å². The van der Waals surface area contributed by atoms with E-state index in [1.54, 1.807) is 0 Å². The minimum Gasteiger partial charge on any atom is -0.354 e. The Morgan fingerprint density at radius 3 is 2.69 bits per heavy atom. The van der Waals surface area contributed by atoms with Crippen LogP contribution >= 0.6 is 0 Å². The van der Waals surface area contributed by atoms with E-state index in [9.17, 15) is 10.1 Å². The minimum absolute atomic E-state index is 0.0596. The molecule has 0 aromatic carbocycles. The summed E-state index contributed by atoms with van der Waals surface area (Å²) in [6.07, 6.45) is 1.93. The van der Waals surface area contributed by atoms with Crippen LogP contribution in [0.25, 0.3) is 0 Å². The summed E-state index contributed by atoms with van der Waals surface area (Å²) in [6, 6.07) is 0. The van der Waals surface area contributed by atoms with Crippen LogP contribution < -0.4 is 0 Å². The number of rotatable bonds is 4. The lowest BCUT2D eigenvalue weighted by Gasteiger charge is -1.91. The predicted molar refractivity (Wildman–Crippen MR) is 46.5 cm³/mol. The van der Waals surface area contributed by atoms with Crippen LogP contribution in [0.15, 0.2) is 4.52 Å². The molecule has 0 atom stereocenters. The lowest BCUT2D eigenvalue weighted by atomic mass is 10.2. The van der Waals surface area contributed by atoms with Gasteiger partial charge >= 0.3 is 5.69 Å². The molecule has 0 spiro atoms. The first-order valence-electron chi connectivity index (χ1n) is 4.32. The fourth-order valence-electron chi connectivity index (χ4n) is 1.20. The predicted octanol–water partition coefficient (Wildman–Crippen LogP) is 2.10. The molecular weight excluding hydrogens is 172 g/mol. The van der Waals surface area contributed by atoms with E-state index in [1.807, 2.05) is 13.8 Å². The molecule has 1 aromatic rings. The summed E-state index contributed by atoms with van der Waals surface area (Å²) >= 11 is 0. The molecule has 0 bridgehead atoms. The van der Waals surface area contributed by atoms with Crippen molar-refractivity contribution in [1.29, 1.82) is 0 Å². The van der Waals surface area contributed by atoms with Crippen LogP contribution in [-0.2, 0) is 12.8 Å². The summed E-state index contributed by atoms with van der Waals surface area (Å²) in [7, 11) is 0. The number of aryl methyl sites for hydroxylation is 2. The van der Waals surface area contributed by atoms with Crippen LogP contribution in [0.5, 0.6) is 0 Å². The topological polar surface area (TPSA) is 69.2 Å². The summed E-state index contributed by atoms with van der Waals surface area (Å²) in [5.74, 6) is 0.369. The molecule has 5 heteroatoms. The Bertz CT molecular complexity index is 306. The van der Waals surface area contributed by atoms with Gasteiger partial charge in [-0.25, -0.2) is 0 Å². The van der Waals surface area contributed by atoms with Crippen molar-refractivity contribution in [3.63, 3.8) is 0 Å². The third kappa shape index (κ3) is 1.85. The second-order valence-corrected chi connectivity index (χ2v) is 2.76. The Hall–Kier alpha value is -1.39. The van der Waals surface area contributed by atoms with Gasteiger partial charge in [0.05, 0.1) is 4.92 Å². The average molecular weight is 184 g/mol. The Balaban J connectivity index is 3.06. The maximum absolute atomic E-state index is 10.6. The van der Waals surface area contributed by atoms with Gasteiger partial charge in [-0.05, 0) is 6.42 Å². The van der Waals surface area contributed by atoms with E-state index in [-0.39, 0.29) is 5.69 Å². The molecule has 72 valence electrons. The lowest BCUT2D eigenvalue weighted by Crippen LogP contribution is -1.95. The van der Waals surface area contributed by atoms with Crippen LogP contribution in [0, 0.1) is 10.1 Å². The molecule has 0 radical (unpaired) electrons. The summed E-state index contributed by atoms with van der Waals surface area (Å²) in [5, 5.41) is 14.3. The standard InChI is InChI=1S/C8H12N2O3/c1-3-5-6-8(10(11)12)7(4-2)13-9-6/h3-5H2,1-2H3. The fourth-order valence-corrected chi connectivity index (χ4v) is 1.20. The van der Waals surface area contributed by atoms with E-state index >= 15 is 0 Å². The molecule has 1 aromatic heterocycles. The van der Waals surface area contributed by atoms with E-state index in [4.69, 9.17) is 4.52 Å². The van der Waals surface area contributed by atoms with Crippen molar-refractivity contribution < 1.29 is 9.45 Å². The van der Waals surface area contributed by atoms with Crippen molar-refractivity contribution in [2.24, 2.45) is 0 Å². The molecule has 0 fully saturated rings. The van der Waals surface area contributed by atoms with Crippen LogP contribution in [0.2, 0.25) is 0 Å². The van der Waals surface area contributed by atoms with Crippen molar-refractivity contribution in [2.45, 2.75) is 33.1 Å². The molecule has 0 aliphatic carbocycles. The molecule has 0 amide bonds. The zero-order valence-electron chi connectivity index (χ0n) is 7.74. The molecule has 5 nitrogen and oxygen atoms in total. The van der Waals surface area contributed by atoms with Crippen molar-refractivity contribution in [2.75, 3.05) is 0 Å². The fraction of sp³-hybridized carbons (Fsp3) is 0.625. The largest absolute Gasteiger partial charge is 0.354 e. The number of nitro groups is 1. The zero-order valence-corrected chi connectivity index (χ0v) is 7.74. The van der Waals surface area contributed by atoms with Gasteiger partial charge in [0, 0.05) is 6.42 Å². The van der Waals surface area contributed by atoms with Gasteiger partial charge in [-0.15, -0.1) is 0 Å². The van der Waals surface area contributed by atoms with Gasteiger partial charge in [0.2, 0.25) is 5.76 Å². The minimum atomic E-state index is -0.416. The molecule has 0 aliphatic rings. The lowest BCUT2D eigenvalue weighted by molar-refractivity contribution is -0.386. The number of nitrogens with zero attached hydrogens (tertiary/aromatic N) is 2. The van der Waals surface area contributed by atoms with Crippen LogP contribution in [0.1, 0.15) is 31.7 Å². The summed E-state index contributed by atoms with van der Waals surface area (Å²) in [5.41, 5.74) is 0.522. The Kier molecular flexibility index (Phi) is 3.00. The van der Waals surface area contributed by atoms with Gasteiger partial charge in [0.25, 0.3) is 0 Å². The average Bonchev–Trinajstić information content (AvgIpc) is 2.48. The molecule has 0 saturated carbocycles. The van der Waals surface area contributed by atoms with Gasteiger partial charge in [0.1, 0.15) is 0 Å². The number of hydrogen-bond donors (Lipinski definition) is 0. The van der Waals surface area contributed by atoms with Gasteiger partial charge in [0.15, 0.2) is 5.69 Å². The van der Waals surface area contributed by atoms with Crippen molar-refractivity contribution in [3.8, 4) is 0 Å². The highest BCUT2D eigenvalue weighted by atomic mass is 16.6. The van der Waals surface area contributed by atoms with Crippen LogP contribution in [-0.4, -0.2) is 10.1 Å². The first-order chi connectivity index (χ1) is 6.20. The summed E-state index contributed by atoms with van der Waals surface area (Å²) in [6.45, 7) is 3.76. The number of aromatic nitrogens is 1. The van der Waals surface area contributed by atoms with Crippen molar-refractivity contribution in [3.05, 3.63) is 21.6 Å². The normalized spacial score (nSPS) is 10.3. The SMILES string of the molecule is CCCc1noc(CC)c1[N+](=O)[O-]. The first-order valence-corrected chi connectivity index (χ1v) is 4.32. The van der Waals surface area contributed by atoms with Crippen LogP contribution in [0.3, 0.4) is 0 Å². The van der Waals surface area contributed by atoms with Crippen molar-refractivity contribution >= 4 is 5.69 Å². The Morgan fingerprint density at radius 2 is 2.23 bits per heavy atom. The van der Waals surface area contributed by atoms with Crippen molar-refractivity contribution in [1.82, 2.24) is 5.16 Å². The molecule has 0 aliphatic heterocycles. The second kappa shape index (κ2) is 4.02. The van der Waals surface area contributed by atoms with Gasteiger partial charge in [-0.2, -0.15) is 0 Å².